The lowest BCUT2D eigenvalue weighted by molar-refractivity contribution is 0.0955. The van der Waals surface area contributed by atoms with Gasteiger partial charge in [0.05, 0.1) is 14.9 Å². The number of nitrogens with one attached hydrogen (secondary N) is 1. The Kier molecular flexibility index (Phi) is 4.03. The van der Waals surface area contributed by atoms with E-state index in [-0.39, 0.29) is 5.91 Å². The largest absolute Gasteiger partial charge is 0.347 e. The summed E-state index contributed by atoms with van der Waals surface area (Å²) in [6, 6.07) is 13.2. The lowest BCUT2D eigenvalue weighted by atomic mass is 10.2. The van der Waals surface area contributed by atoms with Crippen LogP contribution in [0.25, 0.3) is 5.69 Å². The number of nitrogens with zero attached hydrogens (tertiary/aromatic N) is 2. The molecule has 0 atom stereocenters. The molecule has 2 heterocycles. The maximum absolute atomic E-state index is 11.9. The summed E-state index contributed by atoms with van der Waals surface area (Å²) in [6.45, 7) is 0.480. The lowest BCUT2D eigenvalue weighted by Crippen LogP contribution is -2.21. The molecule has 21 heavy (non-hydrogen) atoms. The van der Waals surface area contributed by atoms with E-state index in [1.165, 1.54) is 11.3 Å². The Balaban J connectivity index is 1.62. The minimum absolute atomic E-state index is 0.108. The summed E-state index contributed by atoms with van der Waals surface area (Å²) in [5.41, 5.74) is 2.02. The van der Waals surface area contributed by atoms with E-state index in [1.54, 1.807) is 23.0 Å². The smallest absolute Gasteiger partial charge is 0.261 e. The Bertz CT molecular complexity index is 735. The van der Waals surface area contributed by atoms with Crippen molar-refractivity contribution in [1.82, 2.24) is 15.1 Å². The van der Waals surface area contributed by atoms with E-state index in [4.69, 9.17) is 11.6 Å². The van der Waals surface area contributed by atoms with Crippen LogP contribution in [0.1, 0.15) is 15.2 Å². The minimum Gasteiger partial charge on any atom is -0.347 e. The second kappa shape index (κ2) is 6.11. The van der Waals surface area contributed by atoms with E-state index in [0.717, 1.165) is 11.3 Å². The Labute approximate surface area is 131 Å². The van der Waals surface area contributed by atoms with E-state index >= 15 is 0 Å². The minimum atomic E-state index is -0.108. The molecule has 106 valence electrons. The molecule has 0 fully saturated rings. The molecule has 1 aromatic carbocycles. The molecule has 0 bridgehead atoms. The molecular weight excluding hydrogens is 306 g/mol. The van der Waals surface area contributed by atoms with Crippen LogP contribution in [0.15, 0.2) is 54.9 Å². The number of aromatic nitrogens is 2. The van der Waals surface area contributed by atoms with Crippen LogP contribution < -0.4 is 5.32 Å². The van der Waals surface area contributed by atoms with Crippen LogP contribution in [-0.2, 0) is 6.54 Å². The fourth-order valence-corrected chi connectivity index (χ4v) is 2.85. The van der Waals surface area contributed by atoms with Crippen molar-refractivity contribution in [2.24, 2.45) is 0 Å². The highest BCUT2D eigenvalue weighted by atomic mass is 35.5. The second-order valence-corrected chi connectivity index (χ2v) is 6.12. The van der Waals surface area contributed by atoms with E-state index in [1.807, 2.05) is 36.5 Å². The quantitative estimate of drug-likeness (QED) is 0.800. The molecule has 6 heteroatoms. The van der Waals surface area contributed by atoms with Crippen molar-refractivity contribution in [3.8, 4) is 5.69 Å². The van der Waals surface area contributed by atoms with Crippen molar-refractivity contribution in [3.63, 3.8) is 0 Å². The summed E-state index contributed by atoms with van der Waals surface area (Å²) < 4.78 is 2.40. The van der Waals surface area contributed by atoms with Crippen LogP contribution >= 0.6 is 22.9 Å². The van der Waals surface area contributed by atoms with Crippen LogP contribution in [0.5, 0.6) is 0 Å². The predicted molar refractivity (Wildman–Crippen MR) is 84.1 cm³/mol. The van der Waals surface area contributed by atoms with Crippen molar-refractivity contribution in [2.75, 3.05) is 0 Å². The van der Waals surface area contributed by atoms with Crippen molar-refractivity contribution >= 4 is 28.8 Å². The molecule has 0 saturated carbocycles. The number of halogens is 1. The van der Waals surface area contributed by atoms with Gasteiger partial charge in [0.25, 0.3) is 5.91 Å². The molecule has 0 aliphatic rings. The summed E-state index contributed by atoms with van der Waals surface area (Å²) >= 11 is 7.09. The van der Waals surface area contributed by atoms with Gasteiger partial charge in [-0.1, -0.05) is 23.7 Å². The van der Waals surface area contributed by atoms with Gasteiger partial charge in [-0.25, -0.2) is 4.68 Å². The van der Waals surface area contributed by atoms with Crippen LogP contribution in [0.2, 0.25) is 4.34 Å². The molecular formula is C15H12ClN3OS. The fourth-order valence-electron chi connectivity index (χ4n) is 1.89. The van der Waals surface area contributed by atoms with Gasteiger partial charge in [0, 0.05) is 18.9 Å². The SMILES string of the molecule is O=C(NCc1ccc(-n2cccn2)cc1)c1ccc(Cl)s1. The number of hydrogen-bond donors (Lipinski definition) is 1. The molecule has 3 rings (SSSR count). The molecule has 0 unspecified atom stereocenters. The number of carbonyl (C=O) groups is 1. The molecule has 1 amide bonds. The Morgan fingerprint density at radius 2 is 2.05 bits per heavy atom. The molecule has 0 aliphatic carbocycles. The van der Waals surface area contributed by atoms with Crippen LogP contribution in [0.3, 0.4) is 0 Å². The number of amides is 1. The molecule has 0 saturated heterocycles. The molecule has 0 spiro atoms. The molecule has 2 aromatic heterocycles. The van der Waals surface area contributed by atoms with Gasteiger partial charge >= 0.3 is 0 Å². The zero-order chi connectivity index (χ0) is 14.7. The first-order chi connectivity index (χ1) is 10.2. The van der Waals surface area contributed by atoms with Gasteiger partial charge in [-0.15, -0.1) is 11.3 Å². The number of benzene rings is 1. The van der Waals surface area contributed by atoms with Crippen LogP contribution in [-0.4, -0.2) is 15.7 Å². The Morgan fingerprint density at radius 3 is 2.67 bits per heavy atom. The number of rotatable bonds is 4. The third kappa shape index (κ3) is 3.32. The van der Waals surface area contributed by atoms with Gasteiger partial charge in [-0.05, 0) is 35.9 Å². The average Bonchev–Trinajstić information content (AvgIpc) is 3.16. The first-order valence-corrected chi connectivity index (χ1v) is 7.54. The van der Waals surface area contributed by atoms with Gasteiger partial charge in [-0.3, -0.25) is 4.79 Å². The summed E-state index contributed by atoms with van der Waals surface area (Å²) in [4.78, 5) is 12.5. The van der Waals surface area contributed by atoms with Gasteiger partial charge < -0.3 is 5.32 Å². The number of carbonyl (C=O) groups excluding carboxylic acids is 1. The number of hydrogen-bond acceptors (Lipinski definition) is 3. The van der Waals surface area contributed by atoms with Crippen molar-refractivity contribution in [2.45, 2.75) is 6.54 Å². The average molecular weight is 318 g/mol. The highest BCUT2D eigenvalue weighted by Crippen LogP contribution is 2.21. The highest BCUT2D eigenvalue weighted by molar-refractivity contribution is 7.17. The molecule has 3 aromatic rings. The van der Waals surface area contributed by atoms with E-state index in [0.29, 0.717) is 15.8 Å². The summed E-state index contributed by atoms with van der Waals surface area (Å²) in [5, 5.41) is 7.04. The maximum Gasteiger partial charge on any atom is 0.261 e. The standard InChI is InChI=1S/C15H12ClN3OS/c16-14-7-6-13(21-14)15(20)17-10-11-2-4-12(5-3-11)19-9-1-8-18-19/h1-9H,10H2,(H,17,20). The molecule has 4 nitrogen and oxygen atoms in total. The Morgan fingerprint density at radius 1 is 1.24 bits per heavy atom. The fraction of sp³-hybridized carbons (Fsp3) is 0.0667. The van der Waals surface area contributed by atoms with Crippen molar-refractivity contribution in [1.29, 1.82) is 0 Å². The first-order valence-electron chi connectivity index (χ1n) is 6.35. The Hall–Kier alpha value is -2.11. The second-order valence-electron chi connectivity index (χ2n) is 4.40. The number of thiophene rings is 1. The van der Waals surface area contributed by atoms with Gasteiger partial charge in [0.15, 0.2) is 0 Å². The third-order valence-corrected chi connectivity index (χ3v) is 4.19. The van der Waals surface area contributed by atoms with E-state index in [9.17, 15) is 4.79 Å². The third-order valence-electron chi connectivity index (χ3n) is 2.96. The molecule has 0 radical (unpaired) electrons. The summed E-state index contributed by atoms with van der Waals surface area (Å²) in [6.07, 6.45) is 3.62. The maximum atomic E-state index is 11.9. The monoisotopic (exact) mass is 317 g/mol. The van der Waals surface area contributed by atoms with Crippen molar-refractivity contribution < 1.29 is 4.79 Å². The highest BCUT2D eigenvalue weighted by Gasteiger charge is 2.08. The van der Waals surface area contributed by atoms with E-state index in [2.05, 4.69) is 10.4 Å². The summed E-state index contributed by atoms with van der Waals surface area (Å²) in [7, 11) is 0. The van der Waals surface area contributed by atoms with Gasteiger partial charge in [0.2, 0.25) is 0 Å². The van der Waals surface area contributed by atoms with Gasteiger partial charge in [-0.2, -0.15) is 5.10 Å². The van der Waals surface area contributed by atoms with E-state index < -0.39 is 0 Å². The zero-order valence-electron chi connectivity index (χ0n) is 11.0. The normalized spacial score (nSPS) is 10.5. The lowest BCUT2D eigenvalue weighted by Gasteiger charge is -2.06. The van der Waals surface area contributed by atoms with Crippen LogP contribution in [0, 0.1) is 0 Å². The zero-order valence-corrected chi connectivity index (χ0v) is 12.6. The van der Waals surface area contributed by atoms with Gasteiger partial charge in [0.1, 0.15) is 0 Å². The molecule has 1 N–H and O–H groups in total. The molecule has 0 aliphatic heterocycles. The summed E-state index contributed by atoms with van der Waals surface area (Å²) in [5.74, 6) is -0.108. The first kappa shape index (κ1) is 13.9. The van der Waals surface area contributed by atoms with Crippen LogP contribution in [0.4, 0.5) is 0 Å². The predicted octanol–water partition coefficient (Wildman–Crippen LogP) is 3.52. The van der Waals surface area contributed by atoms with Crippen molar-refractivity contribution in [3.05, 3.63) is 69.6 Å². The topological polar surface area (TPSA) is 46.9 Å².